The third-order valence-corrected chi connectivity index (χ3v) is 2.74. The molecule has 0 radical (unpaired) electrons. The Morgan fingerprint density at radius 3 is 2.59 bits per heavy atom. The van der Waals surface area contributed by atoms with Crippen LogP contribution in [0, 0.1) is 0 Å². The second-order valence-electron chi connectivity index (χ2n) is 4.52. The van der Waals surface area contributed by atoms with Crippen molar-refractivity contribution in [3.8, 4) is 0 Å². The molecule has 0 atom stereocenters. The van der Waals surface area contributed by atoms with Crippen LogP contribution in [-0.2, 0) is 16.0 Å². The number of carboxylic acid groups (broad SMARTS) is 2. The number of pyridine rings is 1. The van der Waals surface area contributed by atoms with Crippen molar-refractivity contribution in [2.24, 2.45) is 4.99 Å². The van der Waals surface area contributed by atoms with Gasteiger partial charge < -0.3 is 10.2 Å². The molecular formula is C16H18N2O4. The van der Waals surface area contributed by atoms with Crippen LogP contribution in [0.25, 0.3) is 0 Å². The molecule has 2 N–H and O–H groups in total. The van der Waals surface area contributed by atoms with Gasteiger partial charge in [-0.15, -0.1) is 0 Å². The summed E-state index contributed by atoms with van der Waals surface area (Å²) in [4.78, 5) is 29.9. The molecule has 0 aliphatic heterocycles. The monoisotopic (exact) mass is 302 g/mol. The molecule has 0 saturated carbocycles. The lowest BCUT2D eigenvalue weighted by atomic mass is 10.1. The van der Waals surface area contributed by atoms with Crippen LogP contribution in [0.5, 0.6) is 0 Å². The summed E-state index contributed by atoms with van der Waals surface area (Å²) in [5.74, 6) is -1.87. The van der Waals surface area contributed by atoms with Crippen molar-refractivity contribution < 1.29 is 19.8 Å². The van der Waals surface area contributed by atoms with Crippen molar-refractivity contribution in [2.75, 3.05) is 7.05 Å². The Bertz CT molecular complexity index is 645. The van der Waals surface area contributed by atoms with Crippen molar-refractivity contribution in [1.82, 2.24) is 4.98 Å². The summed E-state index contributed by atoms with van der Waals surface area (Å²) in [6.45, 7) is 1.80. The van der Waals surface area contributed by atoms with E-state index in [9.17, 15) is 9.59 Å². The standard InChI is InChI=1S/C16H18N2O4/c1-3-4-11(9-15(19)20)7-13(17-2)14-8-12(5-6-18-14)10-16(21)22/h3-8H,9-10H2,1-2H3,(H,19,20)(H,21,22)/b4-3-,11-7+,17-13-. The zero-order valence-electron chi connectivity index (χ0n) is 12.5. The maximum atomic E-state index is 10.9. The quantitative estimate of drug-likeness (QED) is 0.593. The number of nitrogens with zero attached hydrogens (tertiary/aromatic N) is 2. The molecule has 1 aromatic rings. The molecule has 6 heteroatoms. The van der Waals surface area contributed by atoms with Gasteiger partial charge in [0.1, 0.15) is 0 Å². The summed E-state index contributed by atoms with van der Waals surface area (Å²) in [6, 6.07) is 3.26. The van der Waals surface area contributed by atoms with Crippen LogP contribution in [-0.4, -0.2) is 39.9 Å². The Morgan fingerprint density at radius 1 is 1.32 bits per heavy atom. The van der Waals surface area contributed by atoms with Gasteiger partial charge in [0.05, 0.1) is 24.2 Å². The molecule has 0 fully saturated rings. The van der Waals surface area contributed by atoms with E-state index in [1.54, 1.807) is 44.3 Å². The van der Waals surface area contributed by atoms with Crippen LogP contribution in [0.4, 0.5) is 0 Å². The van der Waals surface area contributed by atoms with Crippen molar-refractivity contribution in [3.63, 3.8) is 0 Å². The highest BCUT2D eigenvalue weighted by Crippen LogP contribution is 2.10. The summed E-state index contributed by atoms with van der Waals surface area (Å²) in [6.07, 6.45) is 6.36. The van der Waals surface area contributed by atoms with E-state index < -0.39 is 11.9 Å². The SMILES string of the molecule is C\C=C/C(=C\C(=N\C)c1cc(CC(=O)O)ccn1)CC(=O)O. The highest BCUT2D eigenvalue weighted by molar-refractivity contribution is 6.08. The van der Waals surface area contributed by atoms with Crippen LogP contribution in [0.1, 0.15) is 24.6 Å². The molecule has 0 bridgehead atoms. The number of carbonyl (C=O) groups is 2. The zero-order valence-corrected chi connectivity index (χ0v) is 12.5. The van der Waals surface area contributed by atoms with Gasteiger partial charge in [0.15, 0.2) is 0 Å². The van der Waals surface area contributed by atoms with E-state index >= 15 is 0 Å². The van der Waals surface area contributed by atoms with Gasteiger partial charge >= 0.3 is 11.9 Å². The second kappa shape index (κ2) is 8.51. The number of aliphatic imine (C=N–C) groups is 1. The molecule has 1 heterocycles. The first-order chi connectivity index (χ1) is 10.5. The fourth-order valence-electron chi connectivity index (χ4n) is 1.87. The topological polar surface area (TPSA) is 99.9 Å². The maximum Gasteiger partial charge on any atom is 0.307 e. The predicted octanol–water partition coefficient (Wildman–Crippen LogP) is 2.10. The van der Waals surface area contributed by atoms with Gasteiger partial charge in [-0.1, -0.05) is 12.2 Å². The largest absolute Gasteiger partial charge is 0.481 e. The lowest BCUT2D eigenvalue weighted by Gasteiger charge is -2.05. The molecule has 6 nitrogen and oxygen atoms in total. The van der Waals surface area contributed by atoms with E-state index in [2.05, 4.69) is 9.98 Å². The number of allylic oxidation sites excluding steroid dienone is 3. The molecule has 0 aromatic carbocycles. The fraction of sp³-hybridized carbons (Fsp3) is 0.250. The molecule has 0 aliphatic rings. The minimum absolute atomic E-state index is 0.104. The van der Waals surface area contributed by atoms with Gasteiger partial charge in [-0.25, -0.2) is 0 Å². The summed E-state index contributed by atoms with van der Waals surface area (Å²) in [5, 5.41) is 17.7. The van der Waals surface area contributed by atoms with Crippen molar-refractivity contribution in [2.45, 2.75) is 19.8 Å². The minimum Gasteiger partial charge on any atom is -0.481 e. The molecular weight excluding hydrogens is 284 g/mol. The van der Waals surface area contributed by atoms with Crippen LogP contribution in [0.3, 0.4) is 0 Å². The van der Waals surface area contributed by atoms with Crippen molar-refractivity contribution in [1.29, 1.82) is 0 Å². The Balaban J connectivity index is 3.14. The third-order valence-electron chi connectivity index (χ3n) is 2.74. The first kappa shape index (κ1) is 17.3. The van der Waals surface area contributed by atoms with Gasteiger partial charge in [0, 0.05) is 13.2 Å². The number of aliphatic carboxylic acids is 2. The molecule has 116 valence electrons. The minimum atomic E-state index is -0.938. The van der Waals surface area contributed by atoms with E-state index in [4.69, 9.17) is 10.2 Å². The molecule has 0 spiro atoms. The van der Waals surface area contributed by atoms with E-state index in [1.807, 2.05) is 0 Å². The predicted molar refractivity (Wildman–Crippen MR) is 83.2 cm³/mol. The van der Waals surface area contributed by atoms with Gasteiger partial charge in [0.25, 0.3) is 0 Å². The molecule has 0 aliphatic carbocycles. The molecule has 1 rings (SSSR count). The number of rotatable bonds is 7. The Morgan fingerprint density at radius 2 is 2.05 bits per heavy atom. The van der Waals surface area contributed by atoms with Crippen LogP contribution in [0.2, 0.25) is 0 Å². The van der Waals surface area contributed by atoms with Crippen LogP contribution in [0.15, 0.2) is 47.1 Å². The van der Waals surface area contributed by atoms with Crippen LogP contribution < -0.4 is 0 Å². The molecule has 0 amide bonds. The number of hydrogen-bond donors (Lipinski definition) is 2. The number of hydrogen-bond acceptors (Lipinski definition) is 4. The van der Waals surface area contributed by atoms with Crippen molar-refractivity contribution >= 4 is 17.7 Å². The summed E-state index contributed by atoms with van der Waals surface area (Å²) in [5.41, 5.74) is 2.20. The number of carboxylic acids is 2. The Kier molecular flexibility index (Phi) is 6.69. The van der Waals surface area contributed by atoms with E-state index in [1.165, 1.54) is 6.20 Å². The van der Waals surface area contributed by atoms with Crippen molar-refractivity contribution in [3.05, 3.63) is 53.4 Å². The van der Waals surface area contributed by atoms with E-state index in [0.717, 1.165) is 0 Å². The second-order valence-corrected chi connectivity index (χ2v) is 4.52. The maximum absolute atomic E-state index is 10.9. The van der Waals surface area contributed by atoms with E-state index in [0.29, 0.717) is 22.5 Å². The third kappa shape index (κ3) is 5.70. The molecule has 1 aromatic heterocycles. The normalized spacial score (nSPS) is 12.6. The highest BCUT2D eigenvalue weighted by atomic mass is 16.4. The average Bonchev–Trinajstić information content (AvgIpc) is 2.43. The van der Waals surface area contributed by atoms with Crippen LogP contribution >= 0.6 is 0 Å². The molecule has 22 heavy (non-hydrogen) atoms. The summed E-state index contributed by atoms with van der Waals surface area (Å²) >= 11 is 0. The van der Waals surface area contributed by atoms with Gasteiger partial charge in [-0.2, -0.15) is 0 Å². The molecule has 0 unspecified atom stereocenters. The number of aromatic nitrogens is 1. The van der Waals surface area contributed by atoms with Gasteiger partial charge in [-0.05, 0) is 36.3 Å². The smallest absolute Gasteiger partial charge is 0.307 e. The lowest BCUT2D eigenvalue weighted by molar-refractivity contribution is -0.137. The summed E-state index contributed by atoms with van der Waals surface area (Å²) < 4.78 is 0. The summed E-state index contributed by atoms with van der Waals surface area (Å²) in [7, 11) is 1.57. The lowest BCUT2D eigenvalue weighted by Crippen LogP contribution is -2.06. The molecule has 0 saturated heterocycles. The fourth-order valence-corrected chi connectivity index (χ4v) is 1.87. The Labute approximate surface area is 128 Å². The van der Waals surface area contributed by atoms with Gasteiger partial charge in [-0.3, -0.25) is 19.6 Å². The highest BCUT2D eigenvalue weighted by Gasteiger charge is 2.08. The first-order valence-electron chi connectivity index (χ1n) is 6.65. The zero-order chi connectivity index (χ0) is 16.5. The van der Waals surface area contributed by atoms with Gasteiger partial charge in [0.2, 0.25) is 0 Å². The average molecular weight is 302 g/mol. The Hall–Kier alpha value is -2.76. The van der Waals surface area contributed by atoms with E-state index in [-0.39, 0.29) is 12.8 Å². The first-order valence-corrected chi connectivity index (χ1v) is 6.65.